The van der Waals surface area contributed by atoms with Gasteiger partial charge in [0.15, 0.2) is 5.96 Å². The molecule has 28 heavy (non-hydrogen) atoms. The lowest BCUT2D eigenvalue weighted by Crippen LogP contribution is -2.38. The van der Waals surface area contributed by atoms with E-state index in [4.69, 9.17) is 19.2 Å². The topological polar surface area (TPSA) is 64.1 Å². The first-order valence-electron chi connectivity index (χ1n) is 10.6. The fourth-order valence-electron chi connectivity index (χ4n) is 2.86. The van der Waals surface area contributed by atoms with Gasteiger partial charge in [0.05, 0.1) is 25.9 Å². The monoisotopic (exact) mass is 391 g/mol. The van der Waals surface area contributed by atoms with Crippen LogP contribution in [0.2, 0.25) is 0 Å². The Morgan fingerprint density at radius 3 is 2.86 bits per heavy atom. The largest absolute Gasteiger partial charge is 0.493 e. The third-order valence-corrected chi connectivity index (χ3v) is 4.53. The Bertz CT molecular complexity index is 572. The second-order valence-corrected chi connectivity index (χ2v) is 7.47. The first-order valence-corrected chi connectivity index (χ1v) is 10.6. The summed E-state index contributed by atoms with van der Waals surface area (Å²) in [5.74, 6) is 2.39. The maximum absolute atomic E-state index is 5.97. The van der Waals surface area contributed by atoms with Gasteiger partial charge in [-0.15, -0.1) is 0 Å². The molecule has 1 aromatic rings. The lowest BCUT2D eigenvalue weighted by Gasteiger charge is -2.14. The summed E-state index contributed by atoms with van der Waals surface area (Å²) in [5.41, 5.74) is 1.10. The van der Waals surface area contributed by atoms with Crippen LogP contribution in [0, 0.1) is 5.92 Å². The van der Waals surface area contributed by atoms with Crippen molar-refractivity contribution in [2.24, 2.45) is 10.9 Å². The lowest BCUT2D eigenvalue weighted by atomic mass is 10.1. The molecule has 1 aromatic carbocycles. The van der Waals surface area contributed by atoms with Crippen molar-refractivity contribution in [3.63, 3.8) is 0 Å². The van der Waals surface area contributed by atoms with Gasteiger partial charge in [-0.2, -0.15) is 0 Å². The number of ether oxygens (including phenoxy) is 3. The van der Waals surface area contributed by atoms with Gasteiger partial charge in [-0.05, 0) is 38.2 Å². The third-order valence-electron chi connectivity index (χ3n) is 4.53. The highest BCUT2D eigenvalue weighted by molar-refractivity contribution is 5.79. The molecule has 1 aliphatic heterocycles. The molecule has 1 saturated heterocycles. The minimum atomic E-state index is 0.272. The summed E-state index contributed by atoms with van der Waals surface area (Å²) in [5, 5.41) is 6.68. The van der Waals surface area contributed by atoms with Crippen LogP contribution in [0.1, 0.15) is 45.6 Å². The predicted octanol–water partition coefficient (Wildman–Crippen LogP) is 3.36. The summed E-state index contributed by atoms with van der Waals surface area (Å²) in [7, 11) is 0. The molecule has 2 rings (SSSR count). The van der Waals surface area contributed by atoms with Crippen LogP contribution in [-0.4, -0.2) is 51.6 Å². The van der Waals surface area contributed by atoms with E-state index in [0.717, 1.165) is 76.1 Å². The van der Waals surface area contributed by atoms with Gasteiger partial charge in [-0.25, -0.2) is 4.99 Å². The summed E-state index contributed by atoms with van der Waals surface area (Å²) in [4.78, 5) is 4.72. The van der Waals surface area contributed by atoms with Crippen molar-refractivity contribution in [2.45, 2.75) is 52.7 Å². The summed E-state index contributed by atoms with van der Waals surface area (Å²) in [6.07, 6.45) is 3.28. The Labute approximate surface area is 170 Å². The number of para-hydroxylation sites is 1. The maximum Gasteiger partial charge on any atom is 0.191 e. The van der Waals surface area contributed by atoms with Crippen molar-refractivity contribution in [1.82, 2.24) is 10.6 Å². The average Bonchev–Trinajstić information content (AvgIpc) is 3.20. The second kappa shape index (κ2) is 13.4. The van der Waals surface area contributed by atoms with Crippen molar-refractivity contribution in [1.29, 1.82) is 0 Å². The Hall–Kier alpha value is -1.79. The van der Waals surface area contributed by atoms with E-state index in [0.29, 0.717) is 12.5 Å². The zero-order chi connectivity index (χ0) is 20.0. The molecule has 0 radical (unpaired) electrons. The molecular formula is C22H37N3O3. The standard InChI is InChI=1S/C22H37N3O3/c1-4-23-22(24-12-7-13-27-20-11-14-26-17-20)25-16-19-8-5-6-9-21(19)28-15-10-18(2)3/h5-6,8-9,18,20H,4,7,10-17H2,1-3H3,(H2,23,24,25). The highest BCUT2D eigenvalue weighted by Crippen LogP contribution is 2.19. The summed E-state index contributed by atoms with van der Waals surface area (Å²) >= 11 is 0. The smallest absolute Gasteiger partial charge is 0.191 e. The van der Waals surface area contributed by atoms with Crippen molar-refractivity contribution < 1.29 is 14.2 Å². The number of nitrogens with one attached hydrogen (secondary N) is 2. The molecule has 1 unspecified atom stereocenters. The number of hydrogen-bond donors (Lipinski definition) is 2. The Balaban J connectivity index is 1.77. The quantitative estimate of drug-likeness (QED) is 0.325. The fraction of sp³-hybridized carbons (Fsp3) is 0.682. The number of guanidine groups is 1. The molecular weight excluding hydrogens is 354 g/mol. The van der Waals surface area contributed by atoms with Crippen LogP contribution in [-0.2, 0) is 16.0 Å². The van der Waals surface area contributed by atoms with Gasteiger partial charge < -0.3 is 24.8 Å². The normalized spacial score (nSPS) is 17.1. The zero-order valence-corrected chi connectivity index (χ0v) is 17.7. The molecule has 0 amide bonds. The minimum absolute atomic E-state index is 0.272. The van der Waals surface area contributed by atoms with Crippen molar-refractivity contribution in [3.8, 4) is 5.75 Å². The van der Waals surface area contributed by atoms with Crippen molar-refractivity contribution in [2.75, 3.05) is 39.5 Å². The van der Waals surface area contributed by atoms with Gasteiger partial charge >= 0.3 is 0 Å². The molecule has 1 fully saturated rings. The van der Waals surface area contributed by atoms with E-state index in [2.05, 4.69) is 37.5 Å². The summed E-state index contributed by atoms with van der Waals surface area (Å²) in [6, 6.07) is 8.15. The number of nitrogens with zero attached hydrogens (tertiary/aromatic N) is 1. The van der Waals surface area contributed by atoms with E-state index in [9.17, 15) is 0 Å². The molecule has 0 bridgehead atoms. The fourth-order valence-corrected chi connectivity index (χ4v) is 2.86. The van der Waals surface area contributed by atoms with Gasteiger partial charge in [0.2, 0.25) is 0 Å². The molecule has 1 atom stereocenters. The molecule has 6 nitrogen and oxygen atoms in total. The molecule has 0 aliphatic carbocycles. The van der Waals surface area contributed by atoms with E-state index in [1.807, 2.05) is 18.2 Å². The average molecular weight is 392 g/mol. The minimum Gasteiger partial charge on any atom is -0.493 e. The number of aliphatic imine (C=N–C) groups is 1. The second-order valence-electron chi connectivity index (χ2n) is 7.47. The van der Waals surface area contributed by atoms with E-state index in [1.54, 1.807) is 0 Å². The Kier molecular flexibility index (Phi) is 10.8. The highest BCUT2D eigenvalue weighted by atomic mass is 16.5. The van der Waals surface area contributed by atoms with Gasteiger partial charge in [-0.1, -0.05) is 32.0 Å². The number of benzene rings is 1. The molecule has 2 N–H and O–H groups in total. The van der Waals surface area contributed by atoms with E-state index in [1.165, 1.54) is 0 Å². The molecule has 6 heteroatoms. The van der Waals surface area contributed by atoms with Crippen LogP contribution >= 0.6 is 0 Å². The first kappa shape index (κ1) is 22.5. The molecule has 0 spiro atoms. The van der Waals surface area contributed by atoms with E-state index < -0.39 is 0 Å². The zero-order valence-electron chi connectivity index (χ0n) is 17.7. The van der Waals surface area contributed by atoms with Gasteiger partial charge in [0.25, 0.3) is 0 Å². The summed E-state index contributed by atoms with van der Waals surface area (Å²) < 4.78 is 17.1. The van der Waals surface area contributed by atoms with Crippen LogP contribution in [0.15, 0.2) is 29.3 Å². The van der Waals surface area contributed by atoms with Crippen LogP contribution < -0.4 is 15.4 Å². The molecule has 1 heterocycles. The highest BCUT2D eigenvalue weighted by Gasteiger charge is 2.15. The molecule has 0 aromatic heterocycles. The number of rotatable bonds is 12. The Morgan fingerprint density at radius 2 is 2.11 bits per heavy atom. The van der Waals surface area contributed by atoms with E-state index in [-0.39, 0.29) is 6.10 Å². The lowest BCUT2D eigenvalue weighted by molar-refractivity contribution is 0.0420. The predicted molar refractivity (Wildman–Crippen MR) is 114 cm³/mol. The van der Waals surface area contributed by atoms with Gasteiger partial charge in [0.1, 0.15) is 5.75 Å². The maximum atomic E-state index is 5.97. The van der Waals surface area contributed by atoms with Crippen LogP contribution in [0.5, 0.6) is 5.75 Å². The third kappa shape index (κ3) is 8.93. The number of hydrogen-bond acceptors (Lipinski definition) is 4. The van der Waals surface area contributed by atoms with Crippen LogP contribution in [0.3, 0.4) is 0 Å². The molecule has 0 saturated carbocycles. The van der Waals surface area contributed by atoms with E-state index >= 15 is 0 Å². The van der Waals surface area contributed by atoms with Gasteiger partial charge in [-0.3, -0.25) is 0 Å². The van der Waals surface area contributed by atoms with Crippen molar-refractivity contribution in [3.05, 3.63) is 29.8 Å². The van der Waals surface area contributed by atoms with Crippen molar-refractivity contribution >= 4 is 5.96 Å². The van der Waals surface area contributed by atoms with Crippen LogP contribution in [0.25, 0.3) is 0 Å². The molecule has 1 aliphatic rings. The van der Waals surface area contributed by atoms with Crippen LogP contribution in [0.4, 0.5) is 0 Å². The van der Waals surface area contributed by atoms with Gasteiger partial charge in [0, 0.05) is 31.9 Å². The SMILES string of the molecule is CCNC(=NCc1ccccc1OCCC(C)C)NCCCOC1CCOC1. The Morgan fingerprint density at radius 1 is 1.25 bits per heavy atom. The molecule has 158 valence electrons. The first-order chi connectivity index (χ1) is 13.7. The summed E-state index contributed by atoms with van der Waals surface area (Å²) in [6.45, 7) is 11.8.